The molecule has 8 heteroatoms. The Bertz CT molecular complexity index is 913. The normalized spacial score (nSPS) is 11.1. The second-order valence-corrected chi connectivity index (χ2v) is 6.09. The number of halogens is 2. The molecule has 148 valence electrons. The summed E-state index contributed by atoms with van der Waals surface area (Å²) < 4.78 is 25.0. The Morgan fingerprint density at radius 3 is 2.57 bits per heavy atom. The van der Waals surface area contributed by atoms with Crippen LogP contribution in [0, 0.1) is 5.82 Å². The molecule has 0 bridgehead atoms. The third kappa shape index (κ3) is 5.72. The molecular weight excluding hydrogens is 389 g/mol. The molecular formula is C20H19ClFNO5. The van der Waals surface area contributed by atoms with Gasteiger partial charge in [-0.3, -0.25) is 4.79 Å². The largest absolute Gasteiger partial charge is 0.490 e. The zero-order chi connectivity index (χ0) is 20.7. The van der Waals surface area contributed by atoms with Crippen molar-refractivity contribution in [2.24, 2.45) is 0 Å². The molecule has 0 radical (unpaired) electrons. The van der Waals surface area contributed by atoms with Gasteiger partial charge >= 0.3 is 5.97 Å². The van der Waals surface area contributed by atoms with E-state index < -0.39 is 17.7 Å². The number of carbonyl (C=O) groups is 2. The zero-order valence-corrected chi connectivity index (χ0v) is 16.0. The fourth-order valence-electron chi connectivity index (χ4n) is 2.35. The van der Waals surface area contributed by atoms with Crippen LogP contribution in [0.1, 0.15) is 25.0 Å². The van der Waals surface area contributed by atoms with Crippen LogP contribution in [0.5, 0.6) is 11.5 Å². The Morgan fingerprint density at radius 2 is 1.96 bits per heavy atom. The van der Waals surface area contributed by atoms with Crippen molar-refractivity contribution in [3.05, 3.63) is 64.1 Å². The SMILES string of the molecule is CCOc1cc(C=C(NC(C)=O)C(=O)O)cc(Cl)c1OCc1ccccc1F. The van der Waals surface area contributed by atoms with Gasteiger partial charge in [-0.05, 0) is 36.8 Å². The number of benzene rings is 2. The maximum Gasteiger partial charge on any atom is 0.352 e. The summed E-state index contributed by atoms with van der Waals surface area (Å²) in [5, 5.41) is 11.6. The van der Waals surface area contributed by atoms with Crippen molar-refractivity contribution in [1.82, 2.24) is 5.32 Å². The van der Waals surface area contributed by atoms with Crippen LogP contribution in [-0.2, 0) is 16.2 Å². The first-order chi connectivity index (χ1) is 13.3. The van der Waals surface area contributed by atoms with Gasteiger partial charge < -0.3 is 19.9 Å². The summed E-state index contributed by atoms with van der Waals surface area (Å²) >= 11 is 6.28. The highest BCUT2D eigenvalue weighted by Gasteiger charge is 2.15. The lowest BCUT2D eigenvalue weighted by molar-refractivity contribution is -0.134. The number of carboxylic acid groups (broad SMARTS) is 1. The van der Waals surface area contributed by atoms with Crippen molar-refractivity contribution < 1.29 is 28.6 Å². The minimum atomic E-state index is -1.30. The van der Waals surface area contributed by atoms with Gasteiger partial charge in [-0.15, -0.1) is 0 Å². The maximum absolute atomic E-state index is 13.8. The monoisotopic (exact) mass is 407 g/mol. The van der Waals surface area contributed by atoms with Crippen molar-refractivity contribution in [3.63, 3.8) is 0 Å². The Kier molecular flexibility index (Phi) is 7.40. The van der Waals surface area contributed by atoms with E-state index in [9.17, 15) is 19.1 Å². The Balaban J connectivity index is 2.36. The van der Waals surface area contributed by atoms with Gasteiger partial charge in [0, 0.05) is 12.5 Å². The van der Waals surface area contributed by atoms with Crippen molar-refractivity contribution in [2.45, 2.75) is 20.5 Å². The van der Waals surface area contributed by atoms with E-state index in [1.165, 1.54) is 31.2 Å². The van der Waals surface area contributed by atoms with Crippen LogP contribution in [0.4, 0.5) is 4.39 Å². The number of hydrogen-bond acceptors (Lipinski definition) is 4. The fourth-order valence-corrected chi connectivity index (χ4v) is 2.62. The molecule has 0 saturated heterocycles. The number of amides is 1. The van der Waals surface area contributed by atoms with Crippen LogP contribution in [0.25, 0.3) is 6.08 Å². The van der Waals surface area contributed by atoms with Gasteiger partial charge in [0.25, 0.3) is 0 Å². The van der Waals surface area contributed by atoms with Crippen molar-refractivity contribution in [2.75, 3.05) is 6.61 Å². The zero-order valence-electron chi connectivity index (χ0n) is 15.3. The molecule has 0 aromatic heterocycles. The second-order valence-electron chi connectivity index (χ2n) is 5.69. The number of carbonyl (C=O) groups excluding carboxylic acids is 1. The predicted molar refractivity (Wildman–Crippen MR) is 103 cm³/mol. The molecule has 0 saturated carbocycles. The standard InChI is InChI=1S/C20H19ClFNO5/c1-3-27-18-10-13(9-17(20(25)26)23-12(2)24)8-15(21)19(18)28-11-14-6-4-5-7-16(14)22/h4-10H,3,11H2,1-2H3,(H,23,24)(H,25,26). The van der Waals surface area contributed by atoms with Gasteiger partial charge in [0.05, 0.1) is 11.6 Å². The number of nitrogens with one attached hydrogen (secondary N) is 1. The molecule has 0 fully saturated rings. The summed E-state index contributed by atoms with van der Waals surface area (Å²) in [5.74, 6) is -1.75. The molecule has 0 aliphatic rings. The molecule has 2 aromatic carbocycles. The summed E-state index contributed by atoms with van der Waals surface area (Å²) in [6.45, 7) is 3.21. The Labute approximate surface area is 166 Å². The minimum Gasteiger partial charge on any atom is -0.490 e. The average Bonchev–Trinajstić information content (AvgIpc) is 2.61. The predicted octanol–water partition coefficient (Wildman–Crippen LogP) is 4.02. The number of hydrogen-bond donors (Lipinski definition) is 2. The summed E-state index contributed by atoms with van der Waals surface area (Å²) in [6.07, 6.45) is 1.25. The quantitative estimate of drug-likeness (QED) is 0.645. The van der Waals surface area contributed by atoms with Gasteiger partial charge in [0.1, 0.15) is 18.1 Å². The Hall–Kier alpha value is -3.06. The molecule has 6 nitrogen and oxygen atoms in total. The van der Waals surface area contributed by atoms with Crippen LogP contribution in [-0.4, -0.2) is 23.6 Å². The van der Waals surface area contributed by atoms with Crippen LogP contribution < -0.4 is 14.8 Å². The van der Waals surface area contributed by atoms with Crippen LogP contribution in [0.3, 0.4) is 0 Å². The van der Waals surface area contributed by atoms with Gasteiger partial charge in [-0.1, -0.05) is 29.8 Å². The molecule has 2 N–H and O–H groups in total. The summed E-state index contributed by atoms with van der Waals surface area (Å²) in [5.41, 5.74) is 0.424. The minimum absolute atomic E-state index is 0.0616. The third-order valence-corrected chi connectivity index (χ3v) is 3.79. The lowest BCUT2D eigenvalue weighted by Crippen LogP contribution is -2.24. The van der Waals surface area contributed by atoms with E-state index in [1.54, 1.807) is 25.1 Å². The van der Waals surface area contributed by atoms with E-state index in [2.05, 4.69) is 5.32 Å². The lowest BCUT2D eigenvalue weighted by Gasteiger charge is -2.15. The molecule has 0 aliphatic heterocycles. The second kappa shape index (κ2) is 9.75. The fraction of sp³-hybridized carbons (Fsp3) is 0.200. The van der Waals surface area contributed by atoms with E-state index >= 15 is 0 Å². The van der Waals surface area contributed by atoms with E-state index in [0.29, 0.717) is 17.7 Å². The van der Waals surface area contributed by atoms with Gasteiger partial charge in [0.15, 0.2) is 11.5 Å². The van der Waals surface area contributed by atoms with Crippen LogP contribution in [0.2, 0.25) is 5.02 Å². The summed E-state index contributed by atoms with van der Waals surface area (Å²) in [7, 11) is 0. The topological polar surface area (TPSA) is 84.9 Å². The van der Waals surface area contributed by atoms with Crippen molar-refractivity contribution >= 4 is 29.6 Å². The van der Waals surface area contributed by atoms with Gasteiger partial charge in [-0.25, -0.2) is 9.18 Å². The highest BCUT2D eigenvalue weighted by Crippen LogP contribution is 2.38. The maximum atomic E-state index is 13.8. The highest BCUT2D eigenvalue weighted by molar-refractivity contribution is 6.32. The van der Waals surface area contributed by atoms with Crippen molar-refractivity contribution in [3.8, 4) is 11.5 Å². The average molecular weight is 408 g/mol. The Morgan fingerprint density at radius 1 is 1.25 bits per heavy atom. The number of rotatable bonds is 8. The molecule has 0 atom stereocenters. The smallest absolute Gasteiger partial charge is 0.352 e. The first-order valence-electron chi connectivity index (χ1n) is 8.37. The van der Waals surface area contributed by atoms with E-state index in [0.717, 1.165) is 0 Å². The molecule has 0 spiro atoms. The summed E-state index contributed by atoms with van der Waals surface area (Å²) in [4.78, 5) is 22.5. The first kappa shape index (κ1) is 21.2. The molecule has 0 heterocycles. The van der Waals surface area contributed by atoms with Crippen LogP contribution in [0.15, 0.2) is 42.1 Å². The van der Waals surface area contributed by atoms with E-state index in [1.807, 2.05) is 0 Å². The molecule has 2 aromatic rings. The number of carboxylic acids is 1. The van der Waals surface area contributed by atoms with Crippen molar-refractivity contribution in [1.29, 1.82) is 0 Å². The third-order valence-electron chi connectivity index (χ3n) is 3.51. The molecule has 2 rings (SSSR count). The number of ether oxygens (including phenoxy) is 2. The molecule has 1 amide bonds. The first-order valence-corrected chi connectivity index (χ1v) is 8.74. The van der Waals surface area contributed by atoms with Gasteiger partial charge in [0.2, 0.25) is 5.91 Å². The summed E-state index contributed by atoms with van der Waals surface area (Å²) in [6, 6.07) is 9.17. The van der Waals surface area contributed by atoms with E-state index in [-0.39, 0.29) is 28.8 Å². The molecule has 28 heavy (non-hydrogen) atoms. The number of aliphatic carboxylic acids is 1. The van der Waals surface area contributed by atoms with Gasteiger partial charge in [-0.2, -0.15) is 0 Å². The highest BCUT2D eigenvalue weighted by atomic mass is 35.5. The molecule has 0 unspecified atom stereocenters. The molecule has 0 aliphatic carbocycles. The lowest BCUT2D eigenvalue weighted by atomic mass is 10.1. The van der Waals surface area contributed by atoms with Crippen LogP contribution >= 0.6 is 11.6 Å². The van der Waals surface area contributed by atoms with E-state index in [4.69, 9.17) is 21.1 Å².